The summed E-state index contributed by atoms with van der Waals surface area (Å²) in [6, 6.07) is 8.32. The monoisotopic (exact) mass is 475 g/mol. The summed E-state index contributed by atoms with van der Waals surface area (Å²) in [5.74, 6) is 0.285. The summed E-state index contributed by atoms with van der Waals surface area (Å²) < 4.78 is 23.9. The van der Waals surface area contributed by atoms with Gasteiger partial charge in [-0.3, -0.25) is 9.69 Å². The number of carbonyl (C=O) groups excluding carboxylic acids is 2. The zero-order valence-electron chi connectivity index (χ0n) is 19.7. The fraction of sp³-hybridized carbons (Fsp3) is 0.391. The standard InChI is InChI=1S/C19H20FN5O3.C2H4O2.C2H6/c1-21-10-15-11-25(19(26)28-15)14-3-4-16(17(20)8-14)13-2-5-18(22-9-13)24-6-7-27-23-12-24;1-4-2-3;1-2/h2-5,8-9,12,15,21H,6-7,10-11H2,1H3;2H,1H3;1-2H3. The predicted molar refractivity (Wildman–Crippen MR) is 127 cm³/mol. The number of pyridine rings is 1. The fourth-order valence-electron chi connectivity index (χ4n) is 3.20. The molecular formula is C23H30FN5O5. The molecule has 1 unspecified atom stereocenters. The number of nitrogens with one attached hydrogen (secondary N) is 1. The molecule has 0 radical (unpaired) electrons. The van der Waals surface area contributed by atoms with Crippen LogP contribution in [0.1, 0.15) is 13.8 Å². The van der Waals surface area contributed by atoms with Gasteiger partial charge in [0, 0.05) is 23.9 Å². The minimum atomic E-state index is -0.467. The summed E-state index contributed by atoms with van der Waals surface area (Å²) in [7, 11) is 3.10. The molecule has 1 atom stereocenters. The maximum atomic E-state index is 14.7. The van der Waals surface area contributed by atoms with Gasteiger partial charge in [0.15, 0.2) is 0 Å². The van der Waals surface area contributed by atoms with Crippen LogP contribution in [0.2, 0.25) is 0 Å². The molecule has 0 aliphatic carbocycles. The number of ether oxygens (including phenoxy) is 2. The highest BCUT2D eigenvalue weighted by molar-refractivity contribution is 5.90. The number of hydrogen-bond acceptors (Lipinski definition) is 9. The highest BCUT2D eigenvalue weighted by Crippen LogP contribution is 2.29. The highest BCUT2D eigenvalue weighted by atomic mass is 19.1. The zero-order valence-corrected chi connectivity index (χ0v) is 19.7. The first kappa shape index (κ1) is 26.5. The Hall–Kier alpha value is -3.73. The Kier molecular flexibility index (Phi) is 10.7. The van der Waals surface area contributed by atoms with E-state index in [9.17, 15) is 9.18 Å². The van der Waals surface area contributed by atoms with Gasteiger partial charge in [-0.25, -0.2) is 14.2 Å². The third kappa shape index (κ3) is 6.88. The van der Waals surface area contributed by atoms with E-state index in [0.717, 1.165) is 0 Å². The van der Waals surface area contributed by atoms with E-state index in [-0.39, 0.29) is 6.10 Å². The molecule has 184 valence electrons. The molecule has 34 heavy (non-hydrogen) atoms. The largest absolute Gasteiger partial charge is 0.471 e. The van der Waals surface area contributed by atoms with E-state index in [2.05, 4.69) is 20.2 Å². The highest BCUT2D eigenvalue weighted by Gasteiger charge is 2.32. The maximum absolute atomic E-state index is 14.7. The van der Waals surface area contributed by atoms with Crippen LogP contribution in [0.4, 0.5) is 20.7 Å². The number of hydrogen-bond donors (Lipinski definition) is 1. The smallest absolute Gasteiger partial charge is 0.414 e. The van der Waals surface area contributed by atoms with Crippen LogP contribution in [0.15, 0.2) is 41.7 Å². The second kappa shape index (κ2) is 13.7. The van der Waals surface area contributed by atoms with Crippen molar-refractivity contribution in [2.45, 2.75) is 20.0 Å². The van der Waals surface area contributed by atoms with Crippen LogP contribution in [-0.2, 0) is 19.1 Å². The van der Waals surface area contributed by atoms with Crippen molar-refractivity contribution >= 4 is 30.4 Å². The molecular weight excluding hydrogens is 445 g/mol. The average Bonchev–Trinajstić information content (AvgIpc) is 3.26. The summed E-state index contributed by atoms with van der Waals surface area (Å²) in [5.41, 5.74) is 1.53. The van der Waals surface area contributed by atoms with Gasteiger partial charge in [0.25, 0.3) is 6.47 Å². The molecule has 11 heteroatoms. The van der Waals surface area contributed by atoms with Crippen LogP contribution in [-0.4, -0.2) is 70.4 Å². The minimum absolute atomic E-state index is 0.249. The summed E-state index contributed by atoms with van der Waals surface area (Å²) in [4.78, 5) is 33.6. The number of methoxy groups -OCH3 is 1. The molecule has 10 nitrogen and oxygen atoms in total. The number of oxime groups is 1. The lowest BCUT2D eigenvalue weighted by molar-refractivity contribution is -0.126. The molecule has 0 saturated carbocycles. The third-order valence-electron chi connectivity index (χ3n) is 4.70. The van der Waals surface area contributed by atoms with Gasteiger partial charge in [0.1, 0.15) is 30.7 Å². The number of aromatic nitrogens is 1. The maximum Gasteiger partial charge on any atom is 0.414 e. The van der Waals surface area contributed by atoms with Crippen LogP contribution < -0.4 is 15.1 Å². The zero-order chi connectivity index (χ0) is 24.9. The van der Waals surface area contributed by atoms with E-state index in [1.54, 1.807) is 43.8 Å². The molecule has 3 heterocycles. The van der Waals surface area contributed by atoms with E-state index in [1.807, 2.05) is 18.7 Å². The Bertz CT molecular complexity index is 957. The van der Waals surface area contributed by atoms with Gasteiger partial charge >= 0.3 is 6.09 Å². The number of halogens is 1. The molecule has 1 amide bonds. The van der Waals surface area contributed by atoms with Crippen LogP contribution in [0.25, 0.3) is 11.1 Å². The van der Waals surface area contributed by atoms with Crippen molar-refractivity contribution in [2.75, 3.05) is 50.2 Å². The lowest BCUT2D eigenvalue weighted by Crippen LogP contribution is -2.29. The first-order valence-corrected chi connectivity index (χ1v) is 10.8. The number of likely N-dealkylation sites (N-methyl/N-ethyl adjacent to an activating group) is 1. The van der Waals surface area contributed by atoms with Gasteiger partial charge in [-0.05, 0) is 37.4 Å². The van der Waals surface area contributed by atoms with Crippen LogP contribution in [0.3, 0.4) is 0 Å². The Labute approximate surface area is 198 Å². The molecule has 2 aliphatic rings. The van der Waals surface area contributed by atoms with Crippen molar-refractivity contribution in [1.82, 2.24) is 10.3 Å². The lowest BCUT2D eigenvalue weighted by Gasteiger charge is -2.20. The molecule has 4 rings (SSSR count). The van der Waals surface area contributed by atoms with E-state index in [0.29, 0.717) is 55.3 Å². The number of nitrogens with zero attached hydrogens (tertiary/aromatic N) is 4. The van der Waals surface area contributed by atoms with Crippen molar-refractivity contribution < 1.29 is 28.3 Å². The van der Waals surface area contributed by atoms with Gasteiger partial charge in [-0.2, -0.15) is 0 Å². The second-order valence-electron chi connectivity index (χ2n) is 6.82. The number of amides is 1. The Morgan fingerprint density at radius 2 is 2.06 bits per heavy atom. The lowest BCUT2D eigenvalue weighted by atomic mass is 10.1. The van der Waals surface area contributed by atoms with Gasteiger partial charge in [0.2, 0.25) is 0 Å². The second-order valence-corrected chi connectivity index (χ2v) is 6.82. The molecule has 0 bridgehead atoms. The summed E-state index contributed by atoms with van der Waals surface area (Å²) >= 11 is 0. The molecule has 0 spiro atoms. The number of anilines is 2. The van der Waals surface area contributed by atoms with Crippen molar-refractivity contribution in [2.24, 2.45) is 5.16 Å². The van der Waals surface area contributed by atoms with Gasteiger partial charge in [-0.1, -0.05) is 19.0 Å². The topological polar surface area (TPSA) is 106 Å². The van der Waals surface area contributed by atoms with Gasteiger partial charge in [0.05, 0.1) is 25.9 Å². The number of rotatable bonds is 6. The van der Waals surface area contributed by atoms with E-state index >= 15 is 0 Å². The van der Waals surface area contributed by atoms with Crippen LogP contribution in [0, 0.1) is 5.82 Å². The van der Waals surface area contributed by atoms with Crippen molar-refractivity contribution in [1.29, 1.82) is 0 Å². The molecule has 2 aromatic rings. The molecule has 1 N–H and O–H groups in total. The predicted octanol–water partition coefficient (Wildman–Crippen LogP) is 3.03. The Morgan fingerprint density at radius 3 is 2.62 bits per heavy atom. The van der Waals surface area contributed by atoms with Crippen LogP contribution in [0.5, 0.6) is 0 Å². The van der Waals surface area contributed by atoms with Crippen molar-refractivity contribution in [3.8, 4) is 11.1 Å². The minimum Gasteiger partial charge on any atom is -0.471 e. The Morgan fingerprint density at radius 1 is 1.29 bits per heavy atom. The first-order valence-electron chi connectivity index (χ1n) is 10.8. The van der Waals surface area contributed by atoms with E-state index in [1.165, 1.54) is 18.1 Å². The van der Waals surface area contributed by atoms with Crippen LogP contribution >= 0.6 is 0 Å². The number of carbonyl (C=O) groups is 2. The molecule has 1 aromatic heterocycles. The van der Waals surface area contributed by atoms with Gasteiger partial charge in [-0.15, -0.1) is 0 Å². The molecule has 1 saturated heterocycles. The first-order chi connectivity index (χ1) is 16.6. The SMILES string of the molecule is CC.CNCC1CN(c2ccc(-c3ccc(N4C=NOCC4)nc3)c(F)c2)C(=O)O1.COC=O. The Balaban J connectivity index is 0.000000618. The quantitative estimate of drug-likeness (QED) is 0.636. The molecule has 1 fully saturated rings. The summed E-state index contributed by atoms with van der Waals surface area (Å²) in [5, 5.41) is 6.72. The normalized spacial score (nSPS) is 16.4. The molecule has 1 aromatic carbocycles. The fourth-order valence-corrected chi connectivity index (χ4v) is 3.20. The number of cyclic esters (lactones) is 1. The number of benzene rings is 1. The summed E-state index contributed by atoms with van der Waals surface area (Å²) in [6.45, 7) is 6.45. The van der Waals surface area contributed by atoms with Crippen molar-refractivity contribution in [3.63, 3.8) is 0 Å². The van der Waals surface area contributed by atoms with E-state index in [4.69, 9.17) is 14.4 Å². The third-order valence-corrected chi connectivity index (χ3v) is 4.70. The average molecular weight is 476 g/mol. The molecule has 2 aliphatic heterocycles. The van der Waals surface area contributed by atoms with E-state index < -0.39 is 11.9 Å². The van der Waals surface area contributed by atoms with Gasteiger partial charge < -0.3 is 24.5 Å². The van der Waals surface area contributed by atoms with Crippen molar-refractivity contribution in [3.05, 3.63) is 42.3 Å². The summed E-state index contributed by atoms with van der Waals surface area (Å²) in [6.07, 6.45) is 2.47.